The van der Waals surface area contributed by atoms with Crippen molar-refractivity contribution >= 4 is 17.6 Å². The Hall–Kier alpha value is -2.52. The third-order valence-electron chi connectivity index (χ3n) is 6.65. The number of carboxylic acid groups (broad SMARTS) is 1. The van der Waals surface area contributed by atoms with Gasteiger partial charge < -0.3 is 14.6 Å². The predicted octanol–water partition coefficient (Wildman–Crippen LogP) is 5.26. The number of aromatic nitrogens is 1. The number of benzene rings is 1. The van der Waals surface area contributed by atoms with E-state index in [1.165, 1.54) is 30.5 Å². The Kier molecular flexibility index (Phi) is 6.70. The van der Waals surface area contributed by atoms with Gasteiger partial charge in [-0.3, -0.25) is 9.36 Å². The maximum absolute atomic E-state index is 13.6. The molecule has 4 rings (SSSR count). The summed E-state index contributed by atoms with van der Waals surface area (Å²) in [6.07, 6.45) is -0.791. The molecule has 10 heteroatoms. The molecule has 0 spiro atoms. The van der Waals surface area contributed by atoms with Crippen molar-refractivity contribution in [2.75, 3.05) is 13.2 Å². The lowest BCUT2D eigenvalue weighted by Gasteiger charge is -2.38. The topological polar surface area (TPSA) is 77.8 Å². The maximum Gasteiger partial charge on any atom is 0.395 e. The summed E-state index contributed by atoms with van der Waals surface area (Å²) in [5.74, 6) is -3.02. The van der Waals surface area contributed by atoms with Gasteiger partial charge in [0.15, 0.2) is 0 Å². The minimum atomic E-state index is -4.50. The van der Waals surface area contributed by atoms with Gasteiger partial charge in [-0.05, 0) is 55.9 Å². The second-order valence-corrected chi connectivity index (χ2v) is 9.58. The molecular weight excluding hydrogens is 475 g/mol. The Labute approximate surface area is 199 Å². The second kappa shape index (κ2) is 9.26. The minimum Gasteiger partial charge on any atom is -0.491 e. The molecule has 184 valence electrons. The van der Waals surface area contributed by atoms with Gasteiger partial charge in [0.05, 0.1) is 17.7 Å². The van der Waals surface area contributed by atoms with Crippen LogP contribution in [0.5, 0.6) is 5.75 Å². The van der Waals surface area contributed by atoms with Crippen molar-refractivity contribution in [2.45, 2.75) is 56.8 Å². The van der Waals surface area contributed by atoms with Crippen molar-refractivity contribution < 1.29 is 32.5 Å². The molecule has 2 aromatic rings. The van der Waals surface area contributed by atoms with E-state index >= 15 is 0 Å². The molecule has 34 heavy (non-hydrogen) atoms. The number of aliphatic carboxylic acids is 1. The number of ether oxygens (including phenoxy) is 2. The Morgan fingerprint density at radius 3 is 2.68 bits per heavy atom. The molecule has 1 aromatic carbocycles. The third-order valence-corrected chi connectivity index (χ3v) is 6.88. The van der Waals surface area contributed by atoms with Gasteiger partial charge in [-0.15, -0.1) is 0 Å². The summed E-state index contributed by atoms with van der Waals surface area (Å²) in [4.78, 5) is 25.0. The molecule has 0 amide bonds. The van der Waals surface area contributed by atoms with E-state index in [0.717, 1.165) is 23.8 Å². The van der Waals surface area contributed by atoms with Gasteiger partial charge >= 0.3 is 12.1 Å². The molecular formula is C24H25ClF3NO5. The Balaban J connectivity index is 1.71. The van der Waals surface area contributed by atoms with Crippen LogP contribution in [0.4, 0.5) is 13.2 Å². The summed E-state index contributed by atoms with van der Waals surface area (Å²) >= 11 is 6.10. The zero-order chi connectivity index (χ0) is 24.7. The number of carbonyl (C=O) groups is 1. The van der Waals surface area contributed by atoms with E-state index in [2.05, 4.69) is 0 Å². The molecule has 1 N–H and O–H groups in total. The monoisotopic (exact) mass is 499 g/mol. The number of rotatable bonds is 6. The minimum absolute atomic E-state index is 0.00445. The van der Waals surface area contributed by atoms with Crippen molar-refractivity contribution in [3.63, 3.8) is 0 Å². The highest BCUT2D eigenvalue weighted by atomic mass is 35.5. The highest BCUT2D eigenvalue weighted by Crippen LogP contribution is 2.40. The number of nitrogens with zero attached hydrogens (tertiary/aromatic N) is 1. The lowest BCUT2D eigenvalue weighted by atomic mass is 9.82. The fourth-order valence-electron chi connectivity index (χ4n) is 4.42. The zero-order valence-corrected chi connectivity index (χ0v) is 19.3. The quantitative estimate of drug-likeness (QED) is 0.587. The highest BCUT2D eigenvalue weighted by molar-refractivity contribution is 6.30. The highest BCUT2D eigenvalue weighted by Gasteiger charge is 2.41. The van der Waals surface area contributed by atoms with Crippen molar-refractivity contribution in [3.8, 4) is 16.9 Å². The number of carboxylic acids is 1. The Bertz CT molecular complexity index is 1140. The molecule has 2 atom stereocenters. The van der Waals surface area contributed by atoms with E-state index in [1.54, 1.807) is 0 Å². The van der Waals surface area contributed by atoms with Crippen LogP contribution >= 0.6 is 11.6 Å². The first kappa shape index (κ1) is 24.6. The number of hydrogen-bond donors (Lipinski definition) is 1. The smallest absolute Gasteiger partial charge is 0.395 e. The van der Waals surface area contributed by atoms with Crippen LogP contribution in [-0.4, -0.2) is 40.6 Å². The molecule has 0 bridgehead atoms. The molecule has 0 saturated heterocycles. The lowest BCUT2D eigenvalue weighted by Crippen LogP contribution is -2.38. The first-order chi connectivity index (χ1) is 16.0. The number of halogens is 4. The number of alkyl halides is 3. The van der Waals surface area contributed by atoms with Crippen molar-refractivity contribution in [1.29, 1.82) is 0 Å². The average Bonchev–Trinajstić information content (AvgIpc) is 2.72. The van der Waals surface area contributed by atoms with Gasteiger partial charge in [0.25, 0.3) is 5.56 Å². The van der Waals surface area contributed by atoms with E-state index in [-0.39, 0.29) is 36.4 Å². The number of pyridine rings is 1. The Morgan fingerprint density at radius 1 is 1.32 bits per heavy atom. The summed E-state index contributed by atoms with van der Waals surface area (Å²) in [5.41, 5.74) is 0.128. The fraction of sp³-hybridized carbons (Fsp3) is 0.500. The van der Waals surface area contributed by atoms with E-state index in [9.17, 15) is 27.9 Å². The van der Waals surface area contributed by atoms with Gasteiger partial charge in [-0.25, -0.2) is 4.79 Å². The first-order valence-electron chi connectivity index (χ1n) is 11.1. The normalized spacial score (nSPS) is 20.1. The number of fused-ring (bicyclic) bond motifs is 3. The van der Waals surface area contributed by atoms with E-state index in [0.29, 0.717) is 16.1 Å². The SMILES string of the molecule is CC1(OCCC(C(=O)O)n2cc3c(cc2=O)-c2cc(Cl)ccc2C[C@@H](C(F)(F)F)CO3)CCC1. The lowest BCUT2D eigenvalue weighted by molar-refractivity contribution is -0.181. The van der Waals surface area contributed by atoms with Crippen molar-refractivity contribution in [2.24, 2.45) is 5.92 Å². The van der Waals surface area contributed by atoms with Gasteiger partial charge in [-0.2, -0.15) is 13.2 Å². The maximum atomic E-state index is 13.6. The summed E-state index contributed by atoms with van der Waals surface area (Å²) in [5, 5.41) is 10.1. The van der Waals surface area contributed by atoms with Gasteiger partial charge in [-0.1, -0.05) is 17.7 Å². The van der Waals surface area contributed by atoms with Crippen LogP contribution in [0.3, 0.4) is 0 Å². The molecule has 6 nitrogen and oxygen atoms in total. The van der Waals surface area contributed by atoms with Crippen LogP contribution in [0.15, 0.2) is 35.3 Å². The van der Waals surface area contributed by atoms with Crippen LogP contribution in [-0.2, 0) is 16.0 Å². The summed E-state index contributed by atoms with van der Waals surface area (Å²) < 4.78 is 53.1. The largest absolute Gasteiger partial charge is 0.491 e. The average molecular weight is 500 g/mol. The van der Waals surface area contributed by atoms with E-state index in [4.69, 9.17) is 21.1 Å². The molecule has 2 heterocycles. The molecule has 1 unspecified atom stereocenters. The summed E-state index contributed by atoms with van der Waals surface area (Å²) in [7, 11) is 0. The Morgan fingerprint density at radius 2 is 2.06 bits per heavy atom. The fourth-order valence-corrected chi connectivity index (χ4v) is 4.59. The number of hydrogen-bond acceptors (Lipinski definition) is 4. The van der Waals surface area contributed by atoms with Crippen LogP contribution in [0.25, 0.3) is 11.1 Å². The van der Waals surface area contributed by atoms with Crippen LogP contribution < -0.4 is 10.3 Å². The van der Waals surface area contributed by atoms with Crippen molar-refractivity contribution in [1.82, 2.24) is 4.57 Å². The van der Waals surface area contributed by atoms with Gasteiger partial charge in [0.1, 0.15) is 18.4 Å². The molecule has 1 fully saturated rings. The van der Waals surface area contributed by atoms with Crippen LogP contribution in [0, 0.1) is 5.92 Å². The van der Waals surface area contributed by atoms with Gasteiger partial charge in [0, 0.05) is 29.7 Å². The van der Waals surface area contributed by atoms with Crippen LogP contribution in [0.1, 0.15) is 44.2 Å². The molecule has 0 radical (unpaired) electrons. The predicted molar refractivity (Wildman–Crippen MR) is 119 cm³/mol. The molecule has 1 aromatic heterocycles. The molecule has 1 aliphatic heterocycles. The second-order valence-electron chi connectivity index (χ2n) is 9.15. The molecule has 2 aliphatic rings. The third kappa shape index (κ3) is 5.10. The first-order valence-corrected chi connectivity index (χ1v) is 11.5. The summed E-state index contributed by atoms with van der Waals surface area (Å²) in [6, 6.07) is 4.44. The standard InChI is InChI=1S/C24H25ClF3NO5/c1-23(6-2-7-23)34-8-5-19(22(31)32)29-12-20-18(11-21(29)30)17-10-16(25)4-3-14(17)9-15(13-33-20)24(26,27)28/h3-4,10-12,15,19H,2,5-9,13H2,1H3,(H,31,32)/t15-,19?/m1/s1. The van der Waals surface area contributed by atoms with E-state index in [1.807, 2.05) is 6.92 Å². The molecule has 1 saturated carbocycles. The van der Waals surface area contributed by atoms with Gasteiger partial charge in [0.2, 0.25) is 0 Å². The summed E-state index contributed by atoms with van der Waals surface area (Å²) in [6.45, 7) is 1.43. The molecule has 1 aliphatic carbocycles. The van der Waals surface area contributed by atoms with Crippen LogP contribution in [0.2, 0.25) is 5.02 Å². The van der Waals surface area contributed by atoms with E-state index < -0.39 is 36.3 Å². The zero-order valence-electron chi connectivity index (χ0n) is 18.5. The van der Waals surface area contributed by atoms with Crippen molar-refractivity contribution in [3.05, 3.63) is 51.4 Å².